The Kier molecular flexibility index (Phi) is 5.10. The van der Waals surface area contributed by atoms with Crippen LogP contribution in [-0.2, 0) is 13.0 Å². The molecule has 0 aliphatic carbocycles. The summed E-state index contributed by atoms with van der Waals surface area (Å²) >= 11 is 6.28. The molecule has 0 aromatic carbocycles. The highest BCUT2D eigenvalue weighted by molar-refractivity contribution is 6.30. The number of nitrogens with zero attached hydrogens (tertiary/aromatic N) is 4. The lowest BCUT2D eigenvalue weighted by Crippen LogP contribution is -2.34. The Balaban J connectivity index is 1.61. The van der Waals surface area contributed by atoms with Crippen LogP contribution in [0.3, 0.4) is 0 Å². The zero-order valence-corrected chi connectivity index (χ0v) is 13.7. The Labute approximate surface area is 135 Å². The van der Waals surface area contributed by atoms with E-state index in [1.165, 1.54) is 12.8 Å². The first kappa shape index (κ1) is 15.5. The van der Waals surface area contributed by atoms with Gasteiger partial charge in [-0.25, -0.2) is 9.97 Å². The molecule has 0 unspecified atom stereocenters. The van der Waals surface area contributed by atoms with Gasteiger partial charge in [-0.15, -0.1) is 0 Å². The van der Waals surface area contributed by atoms with Crippen molar-refractivity contribution in [3.05, 3.63) is 28.8 Å². The number of imidazole rings is 1. The van der Waals surface area contributed by atoms with Gasteiger partial charge in [-0.1, -0.05) is 24.9 Å². The van der Waals surface area contributed by atoms with Crippen LogP contribution in [0.1, 0.15) is 55.9 Å². The molecule has 1 aliphatic heterocycles. The first-order chi connectivity index (χ1) is 10.8. The molecule has 3 heterocycles. The molecule has 120 valence electrons. The molecule has 1 aliphatic rings. The molecule has 0 amide bonds. The molecule has 22 heavy (non-hydrogen) atoms. The highest BCUT2D eigenvalue weighted by atomic mass is 35.5. The van der Waals surface area contributed by atoms with E-state index in [0.29, 0.717) is 11.1 Å². The van der Waals surface area contributed by atoms with Gasteiger partial charge in [0.1, 0.15) is 18.0 Å². The Hall–Kier alpha value is -1.40. The third-order valence-electron chi connectivity index (χ3n) is 4.25. The van der Waals surface area contributed by atoms with Crippen molar-refractivity contribution in [3.63, 3.8) is 0 Å². The van der Waals surface area contributed by atoms with Crippen LogP contribution < -0.4 is 0 Å². The standard InChI is InChI=1S/C15H23ClN6/c1-2-3-6-13-19-12(14(16)20-13)9-22-7-4-5-11(8-22)15-17-10-18-21-15/h10-11H,2-9H2,1H3,(H,19,20)(H,17,18,21)/t11-/m0/s1. The fourth-order valence-electron chi connectivity index (χ4n) is 3.06. The summed E-state index contributed by atoms with van der Waals surface area (Å²) in [6, 6.07) is 0. The number of rotatable bonds is 6. The van der Waals surface area contributed by atoms with Crippen LogP contribution >= 0.6 is 11.6 Å². The number of halogens is 1. The molecule has 1 saturated heterocycles. The van der Waals surface area contributed by atoms with E-state index in [4.69, 9.17) is 11.6 Å². The summed E-state index contributed by atoms with van der Waals surface area (Å²) in [5, 5.41) is 7.57. The van der Waals surface area contributed by atoms with Crippen molar-refractivity contribution >= 4 is 11.6 Å². The van der Waals surface area contributed by atoms with E-state index in [1.807, 2.05) is 0 Å². The fourth-order valence-corrected chi connectivity index (χ4v) is 3.27. The number of hydrogen-bond acceptors (Lipinski definition) is 4. The smallest absolute Gasteiger partial charge is 0.151 e. The molecule has 1 fully saturated rings. The summed E-state index contributed by atoms with van der Waals surface area (Å²) in [5.41, 5.74) is 1.03. The summed E-state index contributed by atoms with van der Waals surface area (Å²) in [6.07, 6.45) is 7.18. The average Bonchev–Trinajstić information content (AvgIpc) is 3.16. The lowest BCUT2D eigenvalue weighted by molar-refractivity contribution is 0.195. The number of unbranched alkanes of at least 4 members (excludes halogenated alkanes) is 1. The molecule has 3 rings (SSSR count). The number of aromatic amines is 2. The minimum atomic E-state index is 0.428. The maximum atomic E-state index is 6.28. The third kappa shape index (κ3) is 3.67. The van der Waals surface area contributed by atoms with Gasteiger partial charge in [0.05, 0.1) is 5.69 Å². The number of hydrogen-bond donors (Lipinski definition) is 2. The topological polar surface area (TPSA) is 73.5 Å². The Morgan fingerprint density at radius 2 is 2.36 bits per heavy atom. The molecule has 2 N–H and O–H groups in total. The van der Waals surface area contributed by atoms with E-state index in [9.17, 15) is 0 Å². The highest BCUT2D eigenvalue weighted by Crippen LogP contribution is 2.26. The van der Waals surface area contributed by atoms with Gasteiger partial charge in [0.25, 0.3) is 0 Å². The van der Waals surface area contributed by atoms with E-state index in [-0.39, 0.29) is 0 Å². The van der Waals surface area contributed by atoms with E-state index >= 15 is 0 Å². The zero-order valence-electron chi connectivity index (χ0n) is 13.0. The van der Waals surface area contributed by atoms with E-state index in [1.54, 1.807) is 6.33 Å². The first-order valence-electron chi connectivity index (χ1n) is 8.07. The van der Waals surface area contributed by atoms with Crippen molar-refractivity contribution in [2.24, 2.45) is 0 Å². The lowest BCUT2D eigenvalue weighted by Gasteiger charge is -2.31. The van der Waals surface area contributed by atoms with Crippen molar-refractivity contribution in [3.8, 4) is 0 Å². The summed E-state index contributed by atoms with van der Waals surface area (Å²) in [6.45, 7) is 5.07. The second-order valence-corrected chi connectivity index (χ2v) is 6.36. The predicted molar refractivity (Wildman–Crippen MR) is 85.8 cm³/mol. The monoisotopic (exact) mass is 322 g/mol. The second kappa shape index (κ2) is 7.24. The Morgan fingerprint density at radius 3 is 3.14 bits per heavy atom. The van der Waals surface area contributed by atoms with Crippen molar-refractivity contribution in [2.75, 3.05) is 13.1 Å². The second-order valence-electron chi connectivity index (χ2n) is 6.00. The summed E-state index contributed by atoms with van der Waals surface area (Å²) in [4.78, 5) is 14.5. The van der Waals surface area contributed by atoms with Crippen LogP contribution in [0.5, 0.6) is 0 Å². The highest BCUT2D eigenvalue weighted by Gasteiger charge is 2.24. The number of aromatic nitrogens is 5. The molecule has 0 bridgehead atoms. The van der Waals surface area contributed by atoms with Crippen LogP contribution in [0.15, 0.2) is 6.33 Å². The predicted octanol–water partition coefficient (Wildman–Crippen LogP) is 2.90. The number of nitrogens with one attached hydrogen (secondary N) is 2. The van der Waals surface area contributed by atoms with Gasteiger partial charge in [0, 0.05) is 25.4 Å². The van der Waals surface area contributed by atoms with E-state index in [2.05, 4.69) is 37.0 Å². The van der Waals surface area contributed by atoms with Crippen molar-refractivity contribution < 1.29 is 0 Å². The number of likely N-dealkylation sites (tertiary alicyclic amines) is 1. The number of H-pyrrole nitrogens is 2. The van der Waals surface area contributed by atoms with Gasteiger partial charge in [0.15, 0.2) is 5.15 Å². The van der Waals surface area contributed by atoms with Gasteiger partial charge in [-0.05, 0) is 25.8 Å². The van der Waals surface area contributed by atoms with Crippen LogP contribution in [0.2, 0.25) is 5.15 Å². The number of aryl methyl sites for hydroxylation is 1. The van der Waals surface area contributed by atoms with Gasteiger partial charge in [-0.2, -0.15) is 5.10 Å². The third-order valence-corrected chi connectivity index (χ3v) is 4.56. The largest absolute Gasteiger partial charge is 0.344 e. The minimum Gasteiger partial charge on any atom is -0.344 e. The fraction of sp³-hybridized carbons (Fsp3) is 0.667. The lowest BCUT2D eigenvalue weighted by atomic mass is 9.97. The molecule has 2 aromatic heterocycles. The molecule has 6 nitrogen and oxygen atoms in total. The zero-order chi connectivity index (χ0) is 15.4. The number of piperidine rings is 1. The molecule has 0 spiro atoms. The molecule has 7 heteroatoms. The Morgan fingerprint density at radius 1 is 1.45 bits per heavy atom. The summed E-state index contributed by atoms with van der Waals surface area (Å²) < 4.78 is 0. The van der Waals surface area contributed by atoms with Crippen LogP contribution in [0.25, 0.3) is 0 Å². The van der Waals surface area contributed by atoms with Crippen LogP contribution in [0.4, 0.5) is 0 Å². The molecule has 1 atom stereocenters. The van der Waals surface area contributed by atoms with Crippen LogP contribution in [-0.4, -0.2) is 43.1 Å². The maximum Gasteiger partial charge on any atom is 0.151 e. The van der Waals surface area contributed by atoms with Gasteiger partial charge in [-0.3, -0.25) is 10.00 Å². The van der Waals surface area contributed by atoms with Crippen LogP contribution in [0, 0.1) is 0 Å². The van der Waals surface area contributed by atoms with Gasteiger partial charge in [0.2, 0.25) is 0 Å². The molecule has 0 radical (unpaired) electrons. The van der Waals surface area contributed by atoms with Crippen molar-refractivity contribution in [2.45, 2.75) is 51.5 Å². The van der Waals surface area contributed by atoms with E-state index < -0.39 is 0 Å². The molecule has 2 aromatic rings. The minimum absolute atomic E-state index is 0.428. The van der Waals surface area contributed by atoms with Crippen molar-refractivity contribution in [1.82, 2.24) is 30.0 Å². The summed E-state index contributed by atoms with van der Waals surface area (Å²) in [5.74, 6) is 2.42. The quantitative estimate of drug-likeness (QED) is 0.857. The Bertz CT molecular complexity index is 579. The van der Waals surface area contributed by atoms with Gasteiger partial charge < -0.3 is 4.98 Å². The summed E-state index contributed by atoms with van der Waals surface area (Å²) in [7, 11) is 0. The molecular formula is C15H23ClN6. The molecular weight excluding hydrogens is 300 g/mol. The maximum absolute atomic E-state index is 6.28. The molecule has 0 saturated carbocycles. The van der Waals surface area contributed by atoms with E-state index in [0.717, 1.165) is 56.2 Å². The normalized spacial score (nSPS) is 19.6. The van der Waals surface area contributed by atoms with Gasteiger partial charge >= 0.3 is 0 Å². The average molecular weight is 323 g/mol. The first-order valence-corrected chi connectivity index (χ1v) is 8.45. The van der Waals surface area contributed by atoms with Crippen molar-refractivity contribution in [1.29, 1.82) is 0 Å². The SMILES string of the molecule is CCCCc1nc(Cl)c(CN2CCC[C@H](c3ncn[nH]3)C2)[nH]1.